The average molecular weight is 353 g/mol. The van der Waals surface area contributed by atoms with E-state index < -0.39 is 0 Å². The Hall–Kier alpha value is -3.02. The Balaban J connectivity index is 1.66. The van der Waals surface area contributed by atoms with Crippen LogP contribution >= 0.6 is 0 Å². The van der Waals surface area contributed by atoms with Gasteiger partial charge in [-0.3, -0.25) is 9.36 Å². The molecule has 136 valence electrons. The largest absolute Gasteiger partial charge is 0.497 e. The molecule has 0 radical (unpaired) electrons. The zero-order valence-electron chi connectivity index (χ0n) is 15.2. The number of rotatable bonds is 6. The molecule has 0 spiro atoms. The number of benzene rings is 2. The number of carbonyl (C=O) groups excluding carboxylic acids is 1. The molecule has 3 rings (SSSR count). The fourth-order valence-corrected chi connectivity index (χ4v) is 3.00. The second kappa shape index (κ2) is 7.47. The molecule has 0 bridgehead atoms. The first-order chi connectivity index (χ1) is 12.5. The summed E-state index contributed by atoms with van der Waals surface area (Å²) >= 11 is 0. The van der Waals surface area contributed by atoms with Crippen molar-refractivity contribution in [3.05, 3.63) is 64.1 Å². The maximum Gasteiger partial charge on any atom is 0.326 e. The SMILES string of the molecule is COc1ccc(CCNC(=O)c2ccc3c(c2)[nH]c(=O)n3C(C)C)cc1. The Morgan fingerprint density at radius 1 is 1.19 bits per heavy atom. The summed E-state index contributed by atoms with van der Waals surface area (Å²) < 4.78 is 6.81. The van der Waals surface area contributed by atoms with E-state index in [1.807, 2.05) is 44.2 Å². The van der Waals surface area contributed by atoms with Crippen molar-refractivity contribution in [2.75, 3.05) is 13.7 Å². The summed E-state index contributed by atoms with van der Waals surface area (Å²) in [5.74, 6) is 0.659. The highest BCUT2D eigenvalue weighted by atomic mass is 16.5. The molecular weight excluding hydrogens is 330 g/mol. The van der Waals surface area contributed by atoms with Gasteiger partial charge in [-0.2, -0.15) is 0 Å². The number of H-pyrrole nitrogens is 1. The first-order valence-electron chi connectivity index (χ1n) is 8.65. The second-order valence-electron chi connectivity index (χ2n) is 6.48. The molecule has 6 nitrogen and oxygen atoms in total. The zero-order chi connectivity index (χ0) is 18.7. The molecule has 0 aliphatic carbocycles. The van der Waals surface area contributed by atoms with E-state index in [-0.39, 0.29) is 17.6 Å². The van der Waals surface area contributed by atoms with Crippen LogP contribution in [0.25, 0.3) is 11.0 Å². The lowest BCUT2D eigenvalue weighted by Crippen LogP contribution is -2.25. The lowest BCUT2D eigenvalue weighted by Gasteiger charge is -2.08. The lowest BCUT2D eigenvalue weighted by atomic mass is 10.1. The van der Waals surface area contributed by atoms with Crippen LogP contribution in [0.4, 0.5) is 0 Å². The highest BCUT2D eigenvalue weighted by molar-refractivity contribution is 5.97. The Kier molecular flexibility index (Phi) is 5.11. The summed E-state index contributed by atoms with van der Waals surface area (Å²) in [4.78, 5) is 27.2. The number of aromatic amines is 1. The molecule has 0 saturated heterocycles. The molecule has 1 amide bonds. The van der Waals surface area contributed by atoms with Gasteiger partial charge in [0.25, 0.3) is 5.91 Å². The topological polar surface area (TPSA) is 76.1 Å². The van der Waals surface area contributed by atoms with Crippen molar-refractivity contribution in [2.45, 2.75) is 26.3 Å². The van der Waals surface area contributed by atoms with E-state index in [1.54, 1.807) is 23.8 Å². The first kappa shape index (κ1) is 17.8. The van der Waals surface area contributed by atoms with Crippen LogP contribution in [0.3, 0.4) is 0 Å². The number of nitrogens with one attached hydrogen (secondary N) is 2. The number of hydrogen-bond donors (Lipinski definition) is 2. The van der Waals surface area contributed by atoms with Gasteiger partial charge in [-0.1, -0.05) is 12.1 Å². The van der Waals surface area contributed by atoms with E-state index in [2.05, 4.69) is 10.3 Å². The normalized spacial score (nSPS) is 11.1. The van der Waals surface area contributed by atoms with E-state index in [4.69, 9.17) is 4.74 Å². The number of nitrogens with zero attached hydrogens (tertiary/aromatic N) is 1. The van der Waals surface area contributed by atoms with Crippen LogP contribution in [0.2, 0.25) is 0 Å². The third-order valence-electron chi connectivity index (χ3n) is 4.35. The fourth-order valence-electron chi connectivity index (χ4n) is 3.00. The van der Waals surface area contributed by atoms with Crippen molar-refractivity contribution in [3.63, 3.8) is 0 Å². The minimum Gasteiger partial charge on any atom is -0.497 e. The Morgan fingerprint density at radius 3 is 2.58 bits per heavy atom. The smallest absolute Gasteiger partial charge is 0.326 e. The summed E-state index contributed by atoms with van der Waals surface area (Å²) in [7, 11) is 1.63. The van der Waals surface area contributed by atoms with Crippen LogP contribution in [-0.2, 0) is 6.42 Å². The molecule has 1 heterocycles. The number of amides is 1. The van der Waals surface area contributed by atoms with Gasteiger partial charge in [-0.25, -0.2) is 4.79 Å². The first-order valence-corrected chi connectivity index (χ1v) is 8.65. The van der Waals surface area contributed by atoms with Gasteiger partial charge in [-0.05, 0) is 56.2 Å². The van der Waals surface area contributed by atoms with Crippen LogP contribution in [0.15, 0.2) is 47.3 Å². The molecule has 6 heteroatoms. The Morgan fingerprint density at radius 2 is 1.92 bits per heavy atom. The van der Waals surface area contributed by atoms with Gasteiger partial charge in [0.1, 0.15) is 5.75 Å². The highest BCUT2D eigenvalue weighted by Crippen LogP contribution is 2.16. The second-order valence-corrected chi connectivity index (χ2v) is 6.48. The number of carbonyl (C=O) groups is 1. The summed E-state index contributed by atoms with van der Waals surface area (Å²) in [6.07, 6.45) is 0.735. The van der Waals surface area contributed by atoms with E-state index >= 15 is 0 Å². The molecule has 2 N–H and O–H groups in total. The predicted octanol–water partition coefficient (Wildman–Crippen LogP) is 2.89. The fraction of sp³-hybridized carbons (Fsp3) is 0.300. The maximum absolute atomic E-state index is 12.4. The minimum atomic E-state index is -0.160. The molecule has 2 aromatic carbocycles. The average Bonchev–Trinajstić information content (AvgIpc) is 2.97. The third kappa shape index (κ3) is 3.64. The van der Waals surface area contributed by atoms with Crippen LogP contribution in [0, 0.1) is 0 Å². The van der Waals surface area contributed by atoms with Gasteiger partial charge in [-0.15, -0.1) is 0 Å². The van der Waals surface area contributed by atoms with Crippen molar-refractivity contribution in [2.24, 2.45) is 0 Å². The summed E-state index contributed by atoms with van der Waals surface area (Å²) in [6.45, 7) is 4.44. The predicted molar refractivity (Wildman–Crippen MR) is 102 cm³/mol. The molecule has 26 heavy (non-hydrogen) atoms. The van der Waals surface area contributed by atoms with Gasteiger partial charge in [0.15, 0.2) is 0 Å². The minimum absolute atomic E-state index is 0.0559. The number of ether oxygens (including phenoxy) is 1. The molecule has 0 saturated carbocycles. The molecular formula is C20H23N3O3. The number of fused-ring (bicyclic) bond motifs is 1. The number of methoxy groups -OCH3 is 1. The summed E-state index contributed by atoms with van der Waals surface area (Å²) in [5.41, 5.74) is 2.97. The standard InChI is InChI=1S/C20H23N3O3/c1-13(2)23-18-9-6-15(12-17(18)22-20(23)25)19(24)21-11-10-14-4-7-16(26-3)8-5-14/h4-9,12-13H,10-11H2,1-3H3,(H,21,24)(H,22,25). The number of imidazole rings is 1. The van der Waals surface area contributed by atoms with Crippen LogP contribution in [0.5, 0.6) is 5.75 Å². The van der Waals surface area contributed by atoms with Crippen molar-refractivity contribution >= 4 is 16.9 Å². The molecule has 0 aliphatic heterocycles. The van der Waals surface area contributed by atoms with Crippen molar-refractivity contribution in [3.8, 4) is 5.75 Å². The monoisotopic (exact) mass is 353 g/mol. The molecule has 0 aliphatic rings. The van der Waals surface area contributed by atoms with Crippen LogP contribution < -0.4 is 15.7 Å². The summed E-state index contributed by atoms with van der Waals surface area (Å²) in [5, 5.41) is 2.92. The van der Waals surface area contributed by atoms with E-state index in [0.29, 0.717) is 17.6 Å². The zero-order valence-corrected chi connectivity index (χ0v) is 15.2. The number of aromatic nitrogens is 2. The van der Waals surface area contributed by atoms with Gasteiger partial charge in [0, 0.05) is 18.2 Å². The van der Waals surface area contributed by atoms with E-state index in [1.165, 1.54) is 0 Å². The molecule has 3 aromatic rings. The lowest BCUT2D eigenvalue weighted by molar-refractivity contribution is 0.0954. The van der Waals surface area contributed by atoms with Gasteiger partial charge >= 0.3 is 5.69 Å². The summed E-state index contributed by atoms with van der Waals surface area (Å²) in [6, 6.07) is 13.1. The van der Waals surface area contributed by atoms with Gasteiger partial charge < -0.3 is 15.0 Å². The van der Waals surface area contributed by atoms with Crippen molar-refractivity contribution < 1.29 is 9.53 Å². The molecule has 1 aromatic heterocycles. The van der Waals surface area contributed by atoms with Crippen LogP contribution in [-0.4, -0.2) is 29.1 Å². The Labute approximate surface area is 151 Å². The van der Waals surface area contributed by atoms with Crippen molar-refractivity contribution in [1.29, 1.82) is 0 Å². The molecule has 0 atom stereocenters. The highest BCUT2D eigenvalue weighted by Gasteiger charge is 2.12. The quantitative estimate of drug-likeness (QED) is 0.715. The van der Waals surface area contributed by atoms with Gasteiger partial charge in [0.05, 0.1) is 18.1 Å². The third-order valence-corrected chi connectivity index (χ3v) is 4.35. The maximum atomic E-state index is 12.4. The van der Waals surface area contributed by atoms with Crippen LogP contribution in [0.1, 0.15) is 35.8 Å². The van der Waals surface area contributed by atoms with E-state index in [9.17, 15) is 9.59 Å². The molecule has 0 unspecified atom stereocenters. The van der Waals surface area contributed by atoms with Gasteiger partial charge in [0.2, 0.25) is 0 Å². The Bertz CT molecular complexity index is 968. The van der Waals surface area contributed by atoms with E-state index in [0.717, 1.165) is 23.3 Å². The molecule has 0 fully saturated rings. The van der Waals surface area contributed by atoms with Crippen molar-refractivity contribution in [1.82, 2.24) is 14.9 Å². The number of hydrogen-bond acceptors (Lipinski definition) is 3.